The molecule has 0 spiro atoms. The minimum absolute atomic E-state index is 0. The van der Waals surface area contributed by atoms with Gasteiger partial charge in [0.05, 0.1) is 7.11 Å². The van der Waals surface area contributed by atoms with E-state index in [-0.39, 0.29) is 18.3 Å². The van der Waals surface area contributed by atoms with E-state index < -0.39 is 0 Å². The Labute approximate surface area is 162 Å². The van der Waals surface area contributed by atoms with Crippen molar-refractivity contribution in [2.45, 2.75) is 32.7 Å². The predicted octanol–water partition coefficient (Wildman–Crippen LogP) is 3.91. The topological polar surface area (TPSA) is 50.4 Å². The molecule has 0 bridgehead atoms. The first-order chi connectivity index (χ1) is 12.2. The molecule has 1 atom stereocenters. The molecule has 0 radical (unpaired) electrons. The van der Waals surface area contributed by atoms with Gasteiger partial charge in [-0.15, -0.1) is 12.4 Å². The number of nitrogens with one attached hydrogen (secondary N) is 2. The number of piperidine rings is 1. The first kappa shape index (κ1) is 20.5. The SMILES string of the molecule is COc1ccc2ccccc2c1CNC(=O)CC(C)C1CCNCC1.Cl. The monoisotopic (exact) mass is 376 g/mol. The maximum absolute atomic E-state index is 12.4. The molecule has 142 valence electrons. The first-order valence-electron chi connectivity index (χ1n) is 9.21. The van der Waals surface area contributed by atoms with Gasteiger partial charge in [-0.05, 0) is 54.6 Å². The van der Waals surface area contributed by atoms with Crippen molar-refractivity contribution in [3.8, 4) is 5.75 Å². The Bertz CT molecular complexity index is 729. The highest BCUT2D eigenvalue weighted by Crippen LogP contribution is 2.28. The van der Waals surface area contributed by atoms with E-state index in [4.69, 9.17) is 4.74 Å². The Balaban J connectivity index is 0.00000243. The highest BCUT2D eigenvalue weighted by Gasteiger charge is 2.22. The van der Waals surface area contributed by atoms with Crippen molar-refractivity contribution >= 4 is 29.1 Å². The summed E-state index contributed by atoms with van der Waals surface area (Å²) in [5, 5.41) is 8.78. The molecule has 1 heterocycles. The number of amides is 1. The number of carbonyl (C=O) groups is 1. The summed E-state index contributed by atoms with van der Waals surface area (Å²) in [4.78, 5) is 12.4. The molecule has 1 unspecified atom stereocenters. The number of fused-ring (bicyclic) bond motifs is 1. The van der Waals surface area contributed by atoms with Crippen LogP contribution in [0.2, 0.25) is 0 Å². The zero-order valence-corrected chi connectivity index (χ0v) is 16.4. The Morgan fingerprint density at radius 3 is 2.69 bits per heavy atom. The first-order valence-corrected chi connectivity index (χ1v) is 9.21. The molecular weight excluding hydrogens is 348 g/mol. The third kappa shape index (κ3) is 4.89. The smallest absolute Gasteiger partial charge is 0.220 e. The molecule has 1 amide bonds. The number of carbonyl (C=O) groups excluding carboxylic acids is 1. The highest BCUT2D eigenvalue weighted by molar-refractivity contribution is 5.88. The largest absolute Gasteiger partial charge is 0.496 e. The average molecular weight is 377 g/mol. The van der Waals surface area contributed by atoms with E-state index in [0.29, 0.717) is 24.8 Å². The second-order valence-corrected chi connectivity index (χ2v) is 7.01. The summed E-state index contributed by atoms with van der Waals surface area (Å²) in [6.45, 7) is 4.85. The normalized spacial score (nSPS) is 15.9. The quantitative estimate of drug-likeness (QED) is 0.803. The lowest BCUT2D eigenvalue weighted by Gasteiger charge is -2.27. The van der Waals surface area contributed by atoms with Crippen molar-refractivity contribution in [1.29, 1.82) is 0 Å². The van der Waals surface area contributed by atoms with Crippen LogP contribution in [-0.2, 0) is 11.3 Å². The maximum atomic E-state index is 12.4. The van der Waals surface area contributed by atoms with Crippen LogP contribution >= 0.6 is 12.4 Å². The molecule has 5 heteroatoms. The summed E-state index contributed by atoms with van der Waals surface area (Å²) >= 11 is 0. The molecule has 1 fully saturated rings. The highest BCUT2D eigenvalue weighted by atomic mass is 35.5. The minimum atomic E-state index is 0. The van der Waals surface area contributed by atoms with Gasteiger partial charge in [0, 0.05) is 18.5 Å². The van der Waals surface area contributed by atoms with Crippen molar-refractivity contribution in [3.05, 3.63) is 42.0 Å². The predicted molar refractivity (Wildman–Crippen MR) is 109 cm³/mol. The van der Waals surface area contributed by atoms with E-state index in [9.17, 15) is 4.79 Å². The van der Waals surface area contributed by atoms with Gasteiger partial charge in [-0.2, -0.15) is 0 Å². The Kier molecular flexibility index (Phi) is 7.73. The number of methoxy groups -OCH3 is 1. The van der Waals surface area contributed by atoms with Crippen molar-refractivity contribution in [2.75, 3.05) is 20.2 Å². The van der Waals surface area contributed by atoms with E-state index in [1.165, 1.54) is 12.8 Å². The number of hydrogen-bond donors (Lipinski definition) is 2. The number of benzene rings is 2. The summed E-state index contributed by atoms with van der Waals surface area (Å²) in [6, 6.07) is 12.2. The fraction of sp³-hybridized carbons (Fsp3) is 0.476. The second-order valence-electron chi connectivity index (χ2n) is 7.01. The molecule has 1 aliphatic heterocycles. The van der Waals surface area contributed by atoms with Gasteiger partial charge in [0.1, 0.15) is 5.75 Å². The molecule has 2 N–H and O–H groups in total. The molecule has 0 aromatic heterocycles. The van der Waals surface area contributed by atoms with Crippen LogP contribution in [0.1, 0.15) is 31.7 Å². The van der Waals surface area contributed by atoms with Crippen LogP contribution in [-0.4, -0.2) is 26.1 Å². The van der Waals surface area contributed by atoms with E-state index in [2.05, 4.69) is 35.8 Å². The Hall–Kier alpha value is -1.78. The van der Waals surface area contributed by atoms with E-state index >= 15 is 0 Å². The van der Waals surface area contributed by atoms with Crippen molar-refractivity contribution in [3.63, 3.8) is 0 Å². The lowest BCUT2D eigenvalue weighted by Crippen LogP contribution is -2.33. The summed E-state index contributed by atoms with van der Waals surface area (Å²) in [5.41, 5.74) is 1.04. The standard InChI is InChI=1S/C21H28N2O2.ClH/c1-15(16-9-11-22-12-10-16)13-21(24)23-14-19-18-6-4-3-5-17(18)7-8-20(19)25-2;/h3-8,15-16,22H,9-14H2,1-2H3,(H,23,24);1H. The molecule has 0 saturated carbocycles. The average Bonchev–Trinajstić information content (AvgIpc) is 2.66. The van der Waals surface area contributed by atoms with Crippen LogP contribution < -0.4 is 15.4 Å². The molecule has 1 aliphatic rings. The number of hydrogen-bond acceptors (Lipinski definition) is 3. The summed E-state index contributed by atoms with van der Waals surface area (Å²) in [6.07, 6.45) is 2.94. The lowest BCUT2D eigenvalue weighted by atomic mass is 9.84. The molecular formula is C21H29ClN2O2. The maximum Gasteiger partial charge on any atom is 0.220 e. The summed E-state index contributed by atoms with van der Waals surface area (Å²) in [7, 11) is 1.68. The van der Waals surface area contributed by atoms with E-state index in [1.807, 2.05) is 18.2 Å². The van der Waals surface area contributed by atoms with Gasteiger partial charge in [-0.1, -0.05) is 37.3 Å². The van der Waals surface area contributed by atoms with Crippen LogP contribution in [0.5, 0.6) is 5.75 Å². The van der Waals surface area contributed by atoms with E-state index in [1.54, 1.807) is 7.11 Å². The van der Waals surface area contributed by atoms with Gasteiger partial charge in [-0.3, -0.25) is 4.79 Å². The third-order valence-corrected chi connectivity index (χ3v) is 5.38. The zero-order valence-electron chi connectivity index (χ0n) is 15.6. The van der Waals surface area contributed by atoms with Crippen LogP contribution in [0.4, 0.5) is 0 Å². The molecule has 2 aromatic rings. The Morgan fingerprint density at radius 2 is 1.96 bits per heavy atom. The third-order valence-electron chi connectivity index (χ3n) is 5.38. The number of ether oxygens (including phenoxy) is 1. The molecule has 1 saturated heterocycles. The number of rotatable bonds is 6. The van der Waals surface area contributed by atoms with Crippen molar-refractivity contribution < 1.29 is 9.53 Å². The number of halogens is 1. The fourth-order valence-corrected chi connectivity index (χ4v) is 3.82. The summed E-state index contributed by atoms with van der Waals surface area (Å²) < 4.78 is 5.50. The van der Waals surface area contributed by atoms with Gasteiger partial charge in [0.15, 0.2) is 0 Å². The second kappa shape index (κ2) is 9.79. The van der Waals surface area contributed by atoms with Crippen molar-refractivity contribution in [2.24, 2.45) is 11.8 Å². The molecule has 2 aromatic carbocycles. The van der Waals surface area contributed by atoms with Gasteiger partial charge in [-0.25, -0.2) is 0 Å². The van der Waals surface area contributed by atoms with Crippen LogP contribution in [0.3, 0.4) is 0 Å². The van der Waals surface area contributed by atoms with Crippen molar-refractivity contribution in [1.82, 2.24) is 10.6 Å². The van der Waals surface area contributed by atoms with Gasteiger partial charge in [0.2, 0.25) is 5.91 Å². The fourth-order valence-electron chi connectivity index (χ4n) is 3.82. The molecule has 4 nitrogen and oxygen atoms in total. The van der Waals surface area contributed by atoms with E-state index in [0.717, 1.165) is 35.2 Å². The minimum Gasteiger partial charge on any atom is -0.496 e. The van der Waals surface area contributed by atoms with Crippen LogP contribution in [0, 0.1) is 11.8 Å². The van der Waals surface area contributed by atoms with Gasteiger partial charge in [0.25, 0.3) is 0 Å². The van der Waals surface area contributed by atoms with Crippen LogP contribution in [0.25, 0.3) is 10.8 Å². The molecule has 3 rings (SSSR count). The van der Waals surface area contributed by atoms with Crippen LogP contribution in [0.15, 0.2) is 36.4 Å². The molecule has 26 heavy (non-hydrogen) atoms. The summed E-state index contributed by atoms with van der Waals surface area (Å²) in [5.74, 6) is 2.03. The zero-order chi connectivity index (χ0) is 17.6. The lowest BCUT2D eigenvalue weighted by molar-refractivity contribution is -0.122. The Morgan fingerprint density at radius 1 is 1.23 bits per heavy atom. The van der Waals surface area contributed by atoms with Gasteiger partial charge >= 0.3 is 0 Å². The van der Waals surface area contributed by atoms with Gasteiger partial charge < -0.3 is 15.4 Å². The molecule has 0 aliphatic carbocycles.